The van der Waals surface area contributed by atoms with Crippen molar-refractivity contribution < 1.29 is 9.26 Å². The summed E-state index contributed by atoms with van der Waals surface area (Å²) in [4.78, 5) is 0. The Kier molecular flexibility index (Phi) is 2.92. The molecule has 1 aromatic carbocycles. The second-order valence-electron chi connectivity index (χ2n) is 3.05. The summed E-state index contributed by atoms with van der Waals surface area (Å²) in [6, 6.07) is 9.42. The minimum absolute atomic E-state index is 0.355. The molecule has 3 nitrogen and oxygen atoms in total. The minimum atomic E-state index is 0.355. The Morgan fingerprint density at radius 2 is 2.27 bits per heavy atom. The van der Waals surface area contributed by atoms with Crippen molar-refractivity contribution in [3.05, 3.63) is 36.0 Å². The van der Waals surface area contributed by atoms with Gasteiger partial charge in [-0.05, 0) is 12.1 Å². The van der Waals surface area contributed by atoms with E-state index in [9.17, 15) is 0 Å². The lowest BCUT2D eigenvalue weighted by molar-refractivity contribution is 0.413. The van der Waals surface area contributed by atoms with Crippen LogP contribution in [0.4, 0.5) is 0 Å². The van der Waals surface area contributed by atoms with Crippen molar-refractivity contribution in [1.82, 2.24) is 5.16 Å². The van der Waals surface area contributed by atoms with Crippen LogP contribution in [-0.2, 0) is 5.88 Å². The first-order valence-electron chi connectivity index (χ1n) is 4.49. The van der Waals surface area contributed by atoms with Crippen LogP contribution in [0.25, 0.3) is 11.3 Å². The molecule has 0 aliphatic carbocycles. The number of alkyl halides is 1. The van der Waals surface area contributed by atoms with Gasteiger partial charge in [0.15, 0.2) is 5.76 Å². The van der Waals surface area contributed by atoms with Crippen molar-refractivity contribution in [3.8, 4) is 17.1 Å². The molecule has 0 fully saturated rings. The number of ether oxygens (including phenoxy) is 1. The average molecular weight is 224 g/mol. The van der Waals surface area contributed by atoms with E-state index in [1.807, 2.05) is 30.3 Å². The molecular formula is C11H10ClNO2. The van der Waals surface area contributed by atoms with Gasteiger partial charge in [0.25, 0.3) is 0 Å². The Morgan fingerprint density at radius 1 is 1.40 bits per heavy atom. The molecule has 0 N–H and O–H groups in total. The van der Waals surface area contributed by atoms with Gasteiger partial charge in [-0.1, -0.05) is 17.3 Å². The molecule has 0 aliphatic rings. The summed E-state index contributed by atoms with van der Waals surface area (Å²) in [5, 5.41) is 3.82. The summed E-state index contributed by atoms with van der Waals surface area (Å²) in [5.41, 5.74) is 1.66. The Balaban J connectivity index is 2.35. The maximum atomic E-state index is 5.64. The van der Waals surface area contributed by atoms with Crippen LogP contribution in [0.15, 0.2) is 34.9 Å². The smallest absolute Gasteiger partial charge is 0.167 e. The summed E-state index contributed by atoms with van der Waals surface area (Å²) >= 11 is 5.64. The SMILES string of the molecule is COc1cccc(-c2cc(CCl)no2)c1. The van der Waals surface area contributed by atoms with Crippen molar-refractivity contribution in [1.29, 1.82) is 0 Å². The highest BCUT2D eigenvalue weighted by Gasteiger charge is 2.06. The topological polar surface area (TPSA) is 35.3 Å². The van der Waals surface area contributed by atoms with Gasteiger partial charge in [0.2, 0.25) is 0 Å². The number of aromatic nitrogens is 1. The van der Waals surface area contributed by atoms with Crippen LogP contribution in [0.3, 0.4) is 0 Å². The van der Waals surface area contributed by atoms with E-state index in [4.69, 9.17) is 20.9 Å². The summed E-state index contributed by atoms with van der Waals surface area (Å²) in [6.45, 7) is 0. The van der Waals surface area contributed by atoms with Crippen molar-refractivity contribution in [2.75, 3.05) is 7.11 Å². The zero-order valence-electron chi connectivity index (χ0n) is 8.24. The molecule has 2 aromatic rings. The first-order valence-corrected chi connectivity index (χ1v) is 5.03. The molecule has 0 amide bonds. The predicted molar refractivity (Wildman–Crippen MR) is 58.0 cm³/mol. The van der Waals surface area contributed by atoms with Gasteiger partial charge in [-0.2, -0.15) is 0 Å². The Labute approximate surface area is 92.6 Å². The van der Waals surface area contributed by atoms with Crippen molar-refractivity contribution in [2.45, 2.75) is 5.88 Å². The lowest BCUT2D eigenvalue weighted by Gasteiger charge is -2.00. The van der Waals surface area contributed by atoms with Crippen LogP contribution in [-0.4, -0.2) is 12.3 Å². The highest BCUT2D eigenvalue weighted by Crippen LogP contribution is 2.24. The van der Waals surface area contributed by atoms with Crippen LogP contribution >= 0.6 is 11.6 Å². The molecule has 1 heterocycles. The molecule has 4 heteroatoms. The number of rotatable bonds is 3. The zero-order valence-corrected chi connectivity index (χ0v) is 8.99. The lowest BCUT2D eigenvalue weighted by atomic mass is 10.1. The summed E-state index contributed by atoms with van der Waals surface area (Å²) in [7, 11) is 1.63. The van der Waals surface area contributed by atoms with Crippen molar-refractivity contribution in [3.63, 3.8) is 0 Å². The van der Waals surface area contributed by atoms with Gasteiger partial charge in [0, 0.05) is 11.6 Å². The van der Waals surface area contributed by atoms with Gasteiger partial charge in [0.05, 0.1) is 18.7 Å². The summed E-state index contributed by atoms with van der Waals surface area (Å²) in [5.74, 6) is 1.84. The van der Waals surface area contributed by atoms with Crippen LogP contribution in [0.5, 0.6) is 5.75 Å². The maximum absolute atomic E-state index is 5.64. The van der Waals surface area contributed by atoms with E-state index in [-0.39, 0.29) is 0 Å². The molecule has 0 radical (unpaired) electrons. The largest absolute Gasteiger partial charge is 0.497 e. The van der Waals surface area contributed by atoms with Gasteiger partial charge in [0.1, 0.15) is 5.75 Å². The number of benzene rings is 1. The van der Waals surface area contributed by atoms with E-state index in [2.05, 4.69) is 5.16 Å². The fourth-order valence-electron chi connectivity index (χ4n) is 1.29. The number of hydrogen-bond acceptors (Lipinski definition) is 3. The molecule has 0 spiro atoms. The van der Waals surface area contributed by atoms with Gasteiger partial charge in [-0.3, -0.25) is 0 Å². The monoisotopic (exact) mass is 223 g/mol. The molecule has 78 valence electrons. The molecule has 0 atom stereocenters. The summed E-state index contributed by atoms with van der Waals surface area (Å²) in [6.07, 6.45) is 0. The predicted octanol–water partition coefficient (Wildman–Crippen LogP) is 3.09. The number of methoxy groups -OCH3 is 1. The van der Waals surface area contributed by atoms with Crippen LogP contribution in [0.1, 0.15) is 5.69 Å². The molecule has 0 saturated carbocycles. The standard InChI is InChI=1S/C11H10ClNO2/c1-14-10-4-2-3-8(5-10)11-6-9(7-12)13-15-11/h2-6H,7H2,1H3. The minimum Gasteiger partial charge on any atom is -0.497 e. The molecule has 1 aromatic heterocycles. The van der Waals surface area contributed by atoms with Gasteiger partial charge < -0.3 is 9.26 Å². The zero-order chi connectivity index (χ0) is 10.7. The Morgan fingerprint density at radius 3 is 2.93 bits per heavy atom. The van der Waals surface area contributed by atoms with E-state index in [0.717, 1.165) is 17.0 Å². The van der Waals surface area contributed by atoms with E-state index < -0.39 is 0 Å². The van der Waals surface area contributed by atoms with E-state index in [0.29, 0.717) is 11.6 Å². The molecular weight excluding hydrogens is 214 g/mol. The molecule has 0 saturated heterocycles. The van der Waals surface area contributed by atoms with E-state index in [1.165, 1.54) is 0 Å². The number of hydrogen-bond donors (Lipinski definition) is 0. The van der Waals surface area contributed by atoms with E-state index >= 15 is 0 Å². The Hall–Kier alpha value is -1.48. The third-order valence-electron chi connectivity index (χ3n) is 2.05. The number of halogens is 1. The highest BCUT2D eigenvalue weighted by atomic mass is 35.5. The number of nitrogens with zero attached hydrogens (tertiary/aromatic N) is 1. The quantitative estimate of drug-likeness (QED) is 0.750. The van der Waals surface area contributed by atoms with Crippen molar-refractivity contribution >= 4 is 11.6 Å². The average Bonchev–Trinajstić information content (AvgIpc) is 2.78. The highest BCUT2D eigenvalue weighted by molar-refractivity contribution is 6.16. The molecule has 0 aliphatic heterocycles. The van der Waals surface area contributed by atoms with E-state index in [1.54, 1.807) is 7.11 Å². The third-order valence-corrected chi connectivity index (χ3v) is 2.32. The second-order valence-corrected chi connectivity index (χ2v) is 3.32. The lowest BCUT2D eigenvalue weighted by Crippen LogP contribution is -1.82. The molecule has 0 unspecified atom stereocenters. The van der Waals surface area contributed by atoms with Gasteiger partial charge >= 0.3 is 0 Å². The first-order chi connectivity index (χ1) is 7.33. The van der Waals surface area contributed by atoms with Gasteiger partial charge in [-0.15, -0.1) is 11.6 Å². The molecule has 15 heavy (non-hydrogen) atoms. The van der Waals surface area contributed by atoms with Crippen LogP contribution in [0.2, 0.25) is 0 Å². The molecule has 0 bridgehead atoms. The van der Waals surface area contributed by atoms with Crippen LogP contribution < -0.4 is 4.74 Å². The van der Waals surface area contributed by atoms with Crippen LogP contribution in [0, 0.1) is 0 Å². The maximum Gasteiger partial charge on any atom is 0.167 e. The summed E-state index contributed by atoms with van der Waals surface area (Å²) < 4.78 is 10.3. The van der Waals surface area contributed by atoms with Crippen molar-refractivity contribution in [2.24, 2.45) is 0 Å². The first kappa shape index (κ1) is 10.1. The fraction of sp³-hybridized carbons (Fsp3) is 0.182. The third kappa shape index (κ3) is 2.13. The Bertz CT molecular complexity index is 453. The second kappa shape index (κ2) is 4.36. The van der Waals surface area contributed by atoms with Gasteiger partial charge in [-0.25, -0.2) is 0 Å². The fourth-order valence-corrected chi connectivity index (χ4v) is 1.41. The normalized spacial score (nSPS) is 10.3. The molecule has 2 rings (SSSR count).